The molecule has 1 atom stereocenters. The molecule has 2 aromatic carbocycles. The third-order valence-corrected chi connectivity index (χ3v) is 3.62. The van der Waals surface area contributed by atoms with Crippen molar-refractivity contribution in [3.8, 4) is 5.75 Å². The summed E-state index contributed by atoms with van der Waals surface area (Å²) in [6.07, 6.45) is 0.0474. The molecular weight excluding hydrogens is 286 g/mol. The fraction of sp³-hybridized carbons (Fsp3) is 0.235. The molecule has 2 aromatic rings. The van der Waals surface area contributed by atoms with E-state index < -0.39 is 6.10 Å². The lowest BCUT2D eigenvalue weighted by atomic mass is 10.2. The maximum Gasteiger partial charge on any atom is 0.265 e. The van der Waals surface area contributed by atoms with E-state index >= 15 is 0 Å². The highest BCUT2D eigenvalue weighted by atomic mass is 35.5. The molecule has 0 saturated heterocycles. The van der Waals surface area contributed by atoms with Crippen molar-refractivity contribution in [1.29, 1.82) is 0 Å². The largest absolute Gasteiger partial charge is 0.481 e. The maximum absolute atomic E-state index is 12.3. The van der Waals surface area contributed by atoms with Crippen molar-refractivity contribution in [3.05, 3.63) is 59.1 Å². The highest BCUT2D eigenvalue weighted by Gasteiger charge is 2.19. The van der Waals surface area contributed by atoms with Crippen molar-refractivity contribution in [3.63, 3.8) is 0 Å². The zero-order valence-corrected chi connectivity index (χ0v) is 12.9. The second kappa shape index (κ2) is 7.14. The molecule has 21 heavy (non-hydrogen) atoms. The van der Waals surface area contributed by atoms with Crippen molar-refractivity contribution in [2.75, 3.05) is 5.32 Å². The SMILES string of the molecule is CCC(Oc1ccccc1)C(=O)Nc1cccc(Cl)c1C. The number of hydrogen-bond donors (Lipinski definition) is 1. The molecule has 1 N–H and O–H groups in total. The van der Waals surface area contributed by atoms with Gasteiger partial charge >= 0.3 is 0 Å². The van der Waals surface area contributed by atoms with Crippen LogP contribution in [0.3, 0.4) is 0 Å². The average Bonchev–Trinajstić information content (AvgIpc) is 2.50. The first-order chi connectivity index (χ1) is 10.1. The van der Waals surface area contributed by atoms with E-state index in [4.69, 9.17) is 16.3 Å². The Morgan fingerprint density at radius 1 is 1.19 bits per heavy atom. The van der Waals surface area contributed by atoms with Gasteiger partial charge in [-0.3, -0.25) is 4.79 Å². The van der Waals surface area contributed by atoms with Crippen LogP contribution in [-0.4, -0.2) is 12.0 Å². The molecule has 0 aliphatic heterocycles. The number of hydrogen-bond acceptors (Lipinski definition) is 2. The number of amides is 1. The molecular formula is C17H18ClNO2. The van der Waals surface area contributed by atoms with Crippen LogP contribution >= 0.6 is 11.6 Å². The van der Waals surface area contributed by atoms with Crippen LogP contribution in [0.4, 0.5) is 5.69 Å². The van der Waals surface area contributed by atoms with Crippen molar-refractivity contribution in [2.24, 2.45) is 0 Å². The highest BCUT2D eigenvalue weighted by molar-refractivity contribution is 6.31. The van der Waals surface area contributed by atoms with Crippen LogP contribution in [-0.2, 0) is 4.79 Å². The number of carbonyl (C=O) groups is 1. The first-order valence-corrected chi connectivity index (χ1v) is 7.27. The van der Waals surface area contributed by atoms with Crippen LogP contribution in [0.15, 0.2) is 48.5 Å². The third kappa shape index (κ3) is 3.99. The minimum absolute atomic E-state index is 0.174. The van der Waals surface area contributed by atoms with Gasteiger partial charge in [-0.05, 0) is 43.2 Å². The van der Waals surface area contributed by atoms with Crippen molar-refractivity contribution in [2.45, 2.75) is 26.4 Å². The summed E-state index contributed by atoms with van der Waals surface area (Å²) in [5.41, 5.74) is 1.56. The molecule has 4 heteroatoms. The van der Waals surface area contributed by atoms with Crippen molar-refractivity contribution < 1.29 is 9.53 Å². The minimum Gasteiger partial charge on any atom is -0.481 e. The Morgan fingerprint density at radius 3 is 2.57 bits per heavy atom. The van der Waals surface area contributed by atoms with Gasteiger partial charge in [0.1, 0.15) is 5.75 Å². The molecule has 3 nitrogen and oxygen atoms in total. The molecule has 1 amide bonds. The summed E-state index contributed by atoms with van der Waals surface area (Å²) in [7, 11) is 0. The standard InChI is InChI=1S/C17H18ClNO2/c1-3-16(21-13-8-5-4-6-9-13)17(20)19-15-11-7-10-14(18)12(15)2/h4-11,16H,3H2,1-2H3,(H,19,20). The zero-order chi connectivity index (χ0) is 15.2. The topological polar surface area (TPSA) is 38.3 Å². The summed E-state index contributed by atoms with van der Waals surface area (Å²) in [4.78, 5) is 12.3. The Bertz CT molecular complexity index is 613. The van der Waals surface area contributed by atoms with Gasteiger partial charge in [0.25, 0.3) is 5.91 Å². The van der Waals surface area contributed by atoms with Crippen LogP contribution < -0.4 is 10.1 Å². The highest BCUT2D eigenvalue weighted by Crippen LogP contribution is 2.23. The Balaban J connectivity index is 2.08. The third-order valence-electron chi connectivity index (χ3n) is 3.21. The smallest absolute Gasteiger partial charge is 0.265 e. The fourth-order valence-corrected chi connectivity index (χ4v) is 2.12. The lowest BCUT2D eigenvalue weighted by Gasteiger charge is -2.18. The van der Waals surface area contributed by atoms with Gasteiger partial charge in [0.05, 0.1) is 0 Å². The van der Waals surface area contributed by atoms with Crippen molar-refractivity contribution >= 4 is 23.2 Å². The number of para-hydroxylation sites is 1. The van der Waals surface area contributed by atoms with E-state index in [1.807, 2.05) is 56.3 Å². The van der Waals surface area contributed by atoms with E-state index in [0.717, 1.165) is 5.56 Å². The Kier molecular flexibility index (Phi) is 5.23. The molecule has 0 bridgehead atoms. The minimum atomic E-state index is -0.536. The Hall–Kier alpha value is -2.00. The summed E-state index contributed by atoms with van der Waals surface area (Å²) < 4.78 is 5.72. The van der Waals surface area contributed by atoms with Crippen LogP contribution in [0, 0.1) is 6.92 Å². The van der Waals surface area contributed by atoms with Gasteiger partial charge in [-0.15, -0.1) is 0 Å². The van der Waals surface area contributed by atoms with Crippen LogP contribution in [0.25, 0.3) is 0 Å². The van der Waals surface area contributed by atoms with Gasteiger partial charge in [-0.25, -0.2) is 0 Å². The van der Waals surface area contributed by atoms with Gasteiger partial charge in [0, 0.05) is 10.7 Å². The van der Waals surface area contributed by atoms with Crippen LogP contribution in [0.1, 0.15) is 18.9 Å². The normalized spacial score (nSPS) is 11.8. The number of anilines is 1. The van der Waals surface area contributed by atoms with Gasteiger partial charge < -0.3 is 10.1 Å². The lowest BCUT2D eigenvalue weighted by molar-refractivity contribution is -0.122. The summed E-state index contributed by atoms with van der Waals surface area (Å²) in [6, 6.07) is 14.8. The number of carbonyl (C=O) groups excluding carboxylic acids is 1. The fourth-order valence-electron chi connectivity index (χ4n) is 1.94. The molecule has 0 radical (unpaired) electrons. The molecule has 0 aromatic heterocycles. The molecule has 110 valence electrons. The van der Waals surface area contributed by atoms with E-state index in [9.17, 15) is 4.79 Å². The summed E-state index contributed by atoms with van der Waals surface area (Å²) in [5.74, 6) is 0.508. The monoisotopic (exact) mass is 303 g/mol. The molecule has 2 rings (SSSR count). The molecule has 0 aliphatic carbocycles. The van der Waals surface area contributed by atoms with Crippen LogP contribution in [0.2, 0.25) is 5.02 Å². The first-order valence-electron chi connectivity index (χ1n) is 6.89. The number of nitrogens with one attached hydrogen (secondary N) is 1. The van der Waals surface area contributed by atoms with E-state index in [0.29, 0.717) is 22.9 Å². The second-order valence-electron chi connectivity index (χ2n) is 4.73. The van der Waals surface area contributed by atoms with E-state index in [1.165, 1.54) is 0 Å². The molecule has 0 aliphatic rings. The summed E-state index contributed by atoms with van der Waals surface area (Å²) >= 11 is 6.06. The predicted octanol–water partition coefficient (Wildman–Crippen LogP) is 4.44. The molecule has 1 unspecified atom stereocenters. The van der Waals surface area contributed by atoms with Gasteiger partial charge in [0.15, 0.2) is 6.10 Å². The second-order valence-corrected chi connectivity index (χ2v) is 5.14. The first kappa shape index (κ1) is 15.4. The van der Waals surface area contributed by atoms with Gasteiger partial charge in [-0.1, -0.05) is 42.8 Å². The average molecular weight is 304 g/mol. The summed E-state index contributed by atoms with van der Waals surface area (Å²) in [6.45, 7) is 3.79. The van der Waals surface area contributed by atoms with Gasteiger partial charge in [-0.2, -0.15) is 0 Å². The maximum atomic E-state index is 12.3. The van der Waals surface area contributed by atoms with Crippen LogP contribution in [0.5, 0.6) is 5.75 Å². The number of halogens is 1. The van der Waals surface area contributed by atoms with Gasteiger partial charge in [0.2, 0.25) is 0 Å². The van der Waals surface area contributed by atoms with E-state index in [1.54, 1.807) is 6.07 Å². The van der Waals surface area contributed by atoms with E-state index in [2.05, 4.69) is 5.32 Å². The molecule has 0 saturated carbocycles. The van der Waals surface area contributed by atoms with E-state index in [-0.39, 0.29) is 5.91 Å². The number of benzene rings is 2. The molecule has 0 spiro atoms. The Labute approximate surface area is 129 Å². The van der Waals surface area contributed by atoms with Crippen molar-refractivity contribution in [1.82, 2.24) is 0 Å². The quantitative estimate of drug-likeness (QED) is 0.886. The molecule has 0 fully saturated rings. The molecule has 0 heterocycles. The number of rotatable bonds is 5. The Morgan fingerprint density at radius 2 is 1.90 bits per heavy atom. The zero-order valence-electron chi connectivity index (χ0n) is 12.1. The lowest BCUT2D eigenvalue weighted by Crippen LogP contribution is -2.32. The summed E-state index contributed by atoms with van der Waals surface area (Å²) in [5, 5.41) is 3.50. The predicted molar refractivity (Wildman–Crippen MR) is 86.0 cm³/mol. The number of ether oxygens (including phenoxy) is 1.